The molecule has 2 aromatic rings. The monoisotopic (exact) mass is 326 g/mol. The summed E-state index contributed by atoms with van der Waals surface area (Å²) < 4.78 is 3.50. The van der Waals surface area contributed by atoms with Crippen molar-refractivity contribution in [2.24, 2.45) is 7.05 Å². The Bertz CT molecular complexity index is 650. The third kappa shape index (κ3) is 2.68. The van der Waals surface area contributed by atoms with Crippen LogP contribution in [0, 0.1) is 0 Å². The van der Waals surface area contributed by atoms with Gasteiger partial charge in [0, 0.05) is 26.0 Å². The summed E-state index contributed by atoms with van der Waals surface area (Å²) in [5.41, 5.74) is 0.525. The van der Waals surface area contributed by atoms with Gasteiger partial charge in [0.05, 0.1) is 17.6 Å². The summed E-state index contributed by atoms with van der Waals surface area (Å²) in [6.07, 6.45) is 5.65. The van der Waals surface area contributed by atoms with Gasteiger partial charge in [0.1, 0.15) is 10.8 Å². The highest BCUT2D eigenvalue weighted by Gasteiger charge is 2.31. The van der Waals surface area contributed by atoms with E-state index in [9.17, 15) is 4.79 Å². The van der Waals surface area contributed by atoms with Crippen molar-refractivity contribution in [3.05, 3.63) is 40.4 Å². The zero-order valence-corrected chi connectivity index (χ0v) is 13.2. The van der Waals surface area contributed by atoms with Crippen molar-refractivity contribution in [1.29, 1.82) is 0 Å². The van der Waals surface area contributed by atoms with Crippen LogP contribution in [0.1, 0.15) is 23.3 Å². The van der Waals surface area contributed by atoms with Gasteiger partial charge in [0.15, 0.2) is 0 Å². The standard InChI is InChI=1S/C14H16Cl2N4O/c1-18-12(8-11(15)13(18)16)14(21)20-7-2-4-10(20)9-19-6-3-5-17-19/h3,5-6,8,10H,2,4,7,9H2,1H3/t10-/m1/s1. The van der Waals surface area contributed by atoms with Gasteiger partial charge in [-0.1, -0.05) is 23.2 Å². The molecule has 0 N–H and O–H groups in total. The summed E-state index contributed by atoms with van der Waals surface area (Å²) in [5, 5.41) is 5.01. The maximum absolute atomic E-state index is 12.7. The molecule has 1 fully saturated rings. The quantitative estimate of drug-likeness (QED) is 0.870. The Morgan fingerprint density at radius 2 is 2.29 bits per heavy atom. The number of hydrogen-bond acceptors (Lipinski definition) is 2. The van der Waals surface area contributed by atoms with Crippen LogP contribution in [0.4, 0.5) is 0 Å². The molecule has 2 aromatic heterocycles. The number of nitrogens with zero attached hydrogens (tertiary/aromatic N) is 4. The molecule has 3 heterocycles. The molecule has 1 atom stereocenters. The molecule has 7 heteroatoms. The number of rotatable bonds is 3. The van der Waals surface area contributed by atoms with Gasteiger partial charge in [-0.3, -0.25) is 9.48 Å². The van der Waals surface area contributed by atoms with E-state index in [4.69, 9.17) is 23.2 Å². The van der Waals surface area contributed by atoms with E-state index in [0.717, 1.165) is 19.4 Å². The molecule has 0 radical (unpaired) electrons. The van der Waals surface area contributed by atoms with Gasteiger partial charge >= 0.3 is 0 Å². The molecule has 0 saturated carbocycles. The molecule has 1 saturated heterocycles. The van der Waals surface area contributed by atoms with E-state index in [-0.39, 0.29) is 11.9 Å². The first-order valence-electron chi connectivity index (χ1n) is 6.87. The summed E-state index contributed by atoms with van der Waals surface area (Å²) >= 11 is 12.0. The van der Waals surface area contributed by atoms with Crippen LogP contribution >= 0.6 is 23.2 Å². The summed E-state index contributed by atoms with van der Waals surface area (Å²) in [6.45, 7) is 1.47. The Labute approximate surface area is 133 Å². The van der Waals surface area contributed by atoms with E-state index in [0.29, 0.717) is 22.4 Å². The summed E-state index contributed by atoms with van der Waals surface area (Å²) in [4.78, 5) is 14.6. The molecule has 21 heavy (non-hydrogen) atoms. The Hall–Kier alpha value is -1.46. The van der Waals surface area contributed by atoms with Crippen molar-refractivity contribution in [2.75, 3.05) is 6.54 Å². The van der Waals surface area contributed by atoms with Crippen LogP contribution in [0.15, 0.2) is 24.5 Å². The lowest BCUT2D eigenvalue weighted by Crippen LogP contribution is -2.39. The first-order chi connectivity index (χ1) is 10.1. The van der Waals surface area contributed by atoms with Crippen LogP contribution in [0.5, 0.6) is 0 Å². The van der Waals surface area contributed by atoms with Gasteiger partial charge in [-0.05, 0) is 25.0 Å². The lowest BCUT2D eigenvalue weighted by atomic mass is 10.2. The van der Waals surface area contributed by atoms with Crippen molar-refractivity contribution < 1.29 is 4.79 Å². The van der Waals surface area contributed by atoms with Gasteiger partial charge in [0.25, 0.3) is 5.91 Å². The second-order valence-electron chi connectivity index (χ2n) is 5.25. The van der Waals surface area contributed by atoms with Gasteiger partial charge in [0.2, 0.25) is 0 Å². The van der Waals surface area contributed by atoms with Gasteiger partial charge in [-0.25, -0.2) is 0 Å². The SMILES string of the molecule is Cn1c(C(=O)N2CCC[C@@H]2Cn2cccn2)cc(Cl)c1Cl. The number of carbonyl (C=O) groups excluding carboxylic acids is 1. The minimum atomic E-state index is -0.0269. The third-order valence-corrected chi connectivity index (χ3v) is 4.77. The summed E-state index contributed by atoms with van der Waals surface area (Å²) in [5.74, 6) is -0.0269. The number of halogens is 2. The normalized spacial score (nSPS) is 18.4. The summed E-state index contributed by atoms with van der Waals surface area (Å²) in [6, 6.07) is 3.68. The van der Waals surface area contributed by atoms with Crippen LogP contribution in [-0.2, 0) is 13.6 Å². The Morgan fingerprint density at radius 3 is 2.90 bits per heavy atom. The molecule has 5 nitrogen and oxygen atoms in total. The van der Waals surface area contributed by atoms with Gasteiger partial charge in [-0.15, -0.1) is 0 Å². The summed E-state index contributed by atoms with van der Waals surface area (Å²) in [7, 11) is 1.75. The molecule has 0 bridgehead atoms. The van der Waals surface area contributed by atoms with E-state index in [1.165, 1.54) is 0 Å². The molecule has 0 aliphatic carbocycles. The van der Waals surface area contributed by atoms with Crippen LogP contribution in [0.3, 0.4) is 0 Å². The average Bonchev–Trinajstić information content (AvgIpc) is 3.18. The molecule has 3 rings (SSSR count). The fraction of sp³-hybridized carbons (Fsp3) is 0.429. The smallest absolute Gasteiger partial charge is 0.270 e. The Balaban J connectivity index is 1.81. The van der Waals surface area contributed by atoms with E-state index in [1.807, 2.05) is 21.8 Å². The highest BCUT2D eigenvalue weighted by molar-refractivity contribution is 6.41. The number of amides is 1. The largest absolute Gasteiger partial charge is 0.333 e. The van der Waals surface area contributed by atoms with Crippen LogP contribution in [-0.4, -0.2) is 37.7 Å². The molecule has 1 aliphatic heterocycles. The number of carbonyl (C=O) groups is 1. The minimum Gasteiger partial charge on any atom is -0.333 e. The van der Waals surface area contributed by atoms with Crippen molar-refractivity contribution in [3.63, 3.8) is 0 Å². The fourth-order valence-electron chi connectivity index (χ4n) is 2.81. The Kier molecular flexibility index (Phi) is 3.95. The van der Waals surface area contributed by atoms with Crippen molar-refractivity contribution in [2.45, 2.75) is 25.4 Å². The Morgan fingerprint density at radius 1 is 1.48 bits per heavy atom. The zero-order valence-electron chi connectivity index (χ0n) is 11.7. The maximum atomic E-state index is 12.7. The fourth-order valence-corrected chi connectivity index (χ4v) is 3.19. The third-order valence-electron chi connectivity index (χ3n) is 3.93. The predicted octanol–water partition coefficient (Wildman–Crippen LogP) is 2.83. The van der Waals surface area contributed by atoms with Crippen molar-refractivity contribution in [1.82, 2.24) is 19.2 Å². The maximum Gasteiger partial charge on any atom is 0.270 e. The van der Waals surface area contributed by atoms with Crippen LogP contribution < -0.4 is 0 Å². The lowest BCUT2D eigenvalue weighted by Gasteiger charge is -2.25. The molecule has 1 amide bonds. The van der Waals surface area contributed by atoms with Crippen LogP contribution in [0.2, 0.25) is 10.2 Å². The second-order valence-corrected chi connectivity index (χ2v) is 6.02. The molecule has 0 aromatic carbocycles. The van der Waals surface area contributed by atoms with Crippen LogP contribution in [0.25, 0.3) is 0 Å². The molecular formula is C14H16Cl2N4O. The first-order valence-corrected chi connectivity index (χ1v) is 7.62. The minimum absolute atomic E-state index is 0.0269. The number of likely N-dealkylation sites (tertiary alicyclic amines) is 1. The zero-order chi connectivity index (χ0) is 15.0. The number of aromatic nitrogens is 3. The van der Waals surface area contributed by atoms with E-state index in [1.54, 1.807) is 23.9 Å². The molecular weight excluding hydrogens is 311 g/mol. The molecule has 1 aliphatic rings. The average molecular weight is 327 g/mol. The van der Waals surface area contributed by atoms with E-state index < -0.39 is 0 Å². The molecule has 0 unspecified atom stereocenters. The van der Waals surface area contributed by atoms with Crippen molar-refractivity contribution >= 4 is 29.1 Å². The lowest BCUT2D eigenvalue weighted by molar-refractivity contribution is 0.0712. The molecule has 112 valence electrons. The van der Waals surface area contributed by atoms with Gasteiger partial charge in [-0.2, -0.15) is 5.10 Å². The second kappa shape index (κ2) is 5.73. The first kappa shape index (κ1) is 14.5. The predicted molar refractivity (Wildman–Crippen MR) is 81.7 cm³/mol. The van der Waals surface area contributed by atoms with Crippen molar-refractivity contribution in [3.8, 4) is 0 Å². The molecule has 0 spiro atoms. The number of hydrogen-bond donors (Lipinski definition) is 0. The topological polar surface area (TPSA) is 43.1 Å². The van der Waals surface area contributed by atoms with E-state index >= 15 is 0 Å². The highest BCUT2D eigenvalue weighted by Crippen LogP contribution is 2.28. The highest BCUT2D eigenvalue weighted by atomic mass is 35.5. The van der Waals surface area contributed by atoms with E-state index in [2.05, 4.69) is 5.10 Å². The van der Waals surface area contributed by atoms with Gasteiger partial charge < -0.3 is 9.47 Å².